The monoisotopic (exact) mass is 211 g/mol. The van der Waals surface area contributed by atoms with Gasteiger partial charge in [-0.05, 0) is 57.0 Å². The maximum atomic E-state index is 9.75. The largest absolute Gasteiger partial charge is 0.393 e. The highest BCUT2D eigenvalue weighted by Gasteiger charge is 2.32. The minimum Gasteiger partial charge on any atom is -0.393 e. The quantitative estimate of drug-likeness (QED) is 0.719. The molecular weight excluding hydrogens is 186 g/mol. The van der Waals surface area contributed by atoms with Gasteiger partial charge in [-0.2, -0.15) is 0 Å². The summed E-state index contributed by atoms with van der Waals surface area (Å²) >= 11 is 0. The Hall–Kier alpha value is -0.0800. The Morgan fingerprint density at radius 3 is 2.33 bits per heavy atom. The highest BCUT2D eigenvalue weighted by Crippen LogP contribution is 2.31. The van der Waals surface area contributed by atoms with Crippen molar-refractivity contribution >= 4 is 0 Å². The van der Waals surface area contributed by atoms with E-state index in [0.717, 1.165) is 24.7 Å². The molecule has 0 aromatic carbocycles. The number of likely N-dealkylation sites (tertiary alicyclic amines) is 1. The van der Waals surface area contributed by atoms with Crippen LogP contribution in [-0.4, -0.2) is 35.2 Å². The second kappa shape index (κ2) is 4.84. The summed E-state index contributed by atoms with van der Waals surface area (Å²) in [6, 6.07) is 0.654. The van der Waals surface area contributed by atoms with Crippen molar-refractivity contribution < 1.29 is 5.11 Å². The van der Waals surface area contributed by atoms with Gasteiger partial charge in [0, 0.05) is 6.04 Å². The van der Waals surface area contributed by atoms with Crippen LogP contribution in [0.4, 0.5) is 0 Å². The van der Waals surface area contributed by atoms with E-state index in [2.05, 4.69) is 18.7 Å². The summed E-state index contributed by atoms with van der Waals surface area (Å²) in [5, 5.41) is 9.75. The molecule has 0 bridgehead atoms. The number of aliphatic hydroxyl groups is 1. The summed E-state index contributed by atoms with van der Waals surface area (Å²) in [7, 11) is 0. The van der Waals surface area contributed by atoms with Crippen molar-refractivity contribution in [2.75, 3.05) is 13.1 Å². The molecule has 1 aliphatic carbocycles. The first-order valence-electron chi connectivity index (χ1n) is 6.59. The van der Waals surface area contributed by atoms with Gasteiger partial charge in [-0.25, -0.2) is 0 Å². The molecule has 3 unspecified atom stereocenters. The fourth-order valence-electron chi connectivity index (χ4n) is 3.15. The molecule has 88 valence electrons. The molecular formula is C13H25NO. The van der Waals surface area contributed by atoms with Crippen LogP contribution in [0.5, 0.6) is 0 Å². The van der Waals surface area contributed by atoms with Crippen LogP contribution in [0.25, 0.3) is 0 Å². The van der Waals surface area contributed by atoms with Crippen molar-refractivity contribution in [2.24, 2.45) is 11.8 Å². The Kier molecular flexibility index (Phi) is 3.68. The molecule has 1 saturated heterocycles. The van der Waals surface area contributed by atoms with Crippen LogP contribution in [0, 0.1) is 11.8 Å². The van der Waals surface area contributed by atoms with Crippen molar-refractivity contribution in [1.29, 1.82) is 0 Å². The van der Waals surface area contributed by atoms with Crippen molar-refractivity contribution in [3.05, 3.63) is 0 Å². The van der Waals surface area contributed by atoms with Gasteiger partial charge in [-0.3, -0.25) is 0 Å². The van der Waals surface area contributed by atoms with E-state index < -0.39 is 0 Å². The van der Waals surface area contributed by atoms with E-state index in [1.54, 1.807) is 0 Å². The Morgan fingerprint density at radius 1 is 1.00 bits per heavy atom. The van der Waals surface area contributed by atoms with Gasteiger partial charge in [-0.1, -0.05) is 13.8 Å². The summed E-state index contributed by atoms with van der Waals surface area (Å²) in [5.41, 5.74) is 0. The topological polar surface area (TPSA) is 23.5 Å². The SMILES string of the molecule is CC1CCN(C2CC(O)CCC2C)CC1. The summed E-state index contributed by atoms with van der Waals surface area (Å²) in [4.78, 5) is 2.63. The van der Waals surface area contributed by atoms with Gasteiger partial charge in [0.1, 0.15) is 0 Å². The molecule has 0 radical (unpaired) electrons. The van der Waals surface area contributed by atoms with Gasteiger partial charge in [-0.15, -0.1) is 0 Å². The molecule has 1 aliphatic heterocycles. The minimum atomic E-state index is -0.0365. The van der Waals surface area contributed by atoms with E-state index in [1.807, 2.05) is 0 Å². The van der Waals surface area contributed by atoms with Gasteiger partial charge < -0.3 is 10.0 Å². The van der Waals surface area contributed by atoms with Crippen molar-refractivity contribution in [1.82, 2.24) is 4.90 Å². The third-order valence-corrected chi connectivity index (χ3v) is 4.41. The normalized spacial score (nSPS) is 40.6. The maximum Gasteiger partial charge on any atom is 0.0555 e. The van der Waals surface area contributed by atoms with Crippen LogP contribution in [0.3, 0.4) is 0 Å². The first-order valence-corrected chi connectivity index (χ1v) is 6.59. The van der Waals surface area contributed by atoms with Crippen LogP contribution >= 0.6 is 0 Å². The molecule has 3 atom stereocenters. The average molecular weight is 211 g/mol. The molecule has 1 heterocycles. The number of nitrogens with zero attached hydrogens (tertiary/aromatic N) is 1. The molecule has 0 aromatic heterocycles. The zero-order valence-corrected chi connectivity index (χ0v) is 10.2. The highest BCUT2D eigenvalue weighted by molar-refractivity contribution is 4.86. The van der Waals surface area contributed by atoms with Crippen molar-refractivity contribution in [3.8, 4) is 0 Å². The fourth-order valence-corrected chi connectivity index (χ4v) is 3.15. The molecule has 2 fully saturated rings. The van der Waals surface area contributed by atoms with E-state index >= 15 is 0 Å². The molecule has 2 rings (SSSR count). The predicted molar refractivity (Wildman–Crippen MR) is 62.8 cm³/mol. The average Bonchev–Trinajstić information content (AvgIpc) is 2.23. The first-order chi connectivity index (χ1) is 7.16. The standard InChI is InChI=1S/C13H25NO/c1-10-5-7-14(8-6-10)13-9-12(15)4-3-11(13)2/h10-13,15H,3-9H2,1-2H3. The Bertz CT molecular complexity index is 199. The Labute approximate surface area is 93.7 Å². The highest BCUT2D eigenvalue weighted by atomic mass is 16.3. The first kappa shape index (κ1) is 11.4. The number of hydrogen-bond donors (Lipinski definition) is 1. The lowest BCUT2D eigenvalue weighted by molar-refractivity contribution is 0.0180. The number of piperidine rings is 1. The van der Waals surface area contributed by atoms with Gasteiger partial charge in [0.05, 0.1) is 6.10 Å². The molecule has 2 heteroatoms. The van der Waals surface area contributed by atoms with Crippen LogP contribution < -0.4 is 0 Å². The Balaban J connectivity index is 1.90. The lowest BCUT2D eigenvalue weighted by atomic mass is 9.82. The number of rotatable bonds is 1. The number of hydrogen-bond acceptors (Lipinski definition) is 2. The van der Waals surface area contributed by atoms with Gasteiger partial charge in [0.25, 0.3) is 0 Å². The minimum absolute atomic E-state index is 0.0365. The smallest absolute Gasteiger partial charge is 0.0555 e. The van der Waals surface area contributed by atoms with Crippen molar-refractivity contribution in [3.63, 3.8) is 0 Å². The lowest BCUT2D eigenvalue weighted by Gasteiger charge is -2.43. The van der Waals surface area contributed by atoms with Crippen molar-refractivity contribution in [2.45, 2.75) is 58.1 Å². The van der Waals surface area contributed by atoms with Gasteiger partial charge >= 0.3 is 0 Å². The third-order valence-electron chi connectivity index (χ3n) is 4.41. The molecule has 2 nitrogen and oxygen atoms in total. The summed E-state index contributed by atoms with van der Waals surface area (Å²) in [5.74, 6) is 1.69. The van der Waals surface area contributed by atoms with E-state index in [-0.39, 0.29) is 6.10 Å². The maximum absolute atomic E-state index is 9.75. The zero-order valence-electron chi connectivity index (χ0n) is 10.2. The molecule has 0 amide bonds. The molecule has 1 N–H and O–H groups in total. The van der Waals surface area contributed by atoms with Crippen LogP contribution in [0.15, 0.2) is 0 Å². The zero-order chi connectivity index (χ0) is 10.8. The second-order valence-corrected chi connectivity index (χ2v) is 5.73. The third kappa shape index (κ3) is 2.73. The second-order valence-electron chi connectivity index (χ2n) is 5.73. The van der Waals surface area contributed by atoms with E-state index in [9.17, 15) is 5.11 Å². The van der Waals surface area contributed by atoms with E-state index in [1.165, 1.54) is 32.4 Å². The molecule has 2 aliphatic rings. The van der Waals surface area contributed by atoms with Crippen LogP contribution in [-0.2, 0) is 0 Å². The van der Waals surface area contributed by atoms with E-state index in [4.69, 9.17) is 0 Å². The molecule has 0 spiro atoms. The lowest BCUT2D eigenvalue weighted by Crippen LogP contribution is -2.47. The van der Waals surface area contributed by atoms with E-state index in [0.29, 0.717) is 6.04 Å². The molecule has 15 heavy (non-hydrogen) atoms. The summed E-state index contributed by atoms with van der Waals surface area (Å²) < 4.78 is 0. The van der Waals surface area contributed by atoms with Crippen LogP contribution in [0.2, 0.25) is 0 Å². The van der Waals surface area contributed by atoms with Crippen LogP contribution in [0.1, 0.15) is 46.0 Å². The number of aliphatic hydroxyl groups excluding tert-OH is 1. The van der Waals surface area contributed by atoms with Gasteiger partial charge in [0.15, 0.2) is 0 Å². The summed E-state index contributed by atoms with van der Waals surface area (Å²) in [6.45, 7) is 7.22. The Morgan fingerprint density at radius 2 is 1.67 bits per heavy atom. The fraction of sp³-hybridized carbons (Fsp3) is 1.00. The predicted octanol–water partition coefficient (Wildman–Crippen LogP) is 2.27. The molecule has 0 aromatic rings. The van der Waals surface area contributed by atoms with Gasteiger partial charge in [0.2, 0.25) is 0 Å². The summed E-state index contributed by atoms with van der Waals surface area (Å²) in [6.07, 6.45) is 5.89. The molecule has 1 saturated carbocycles.